The predicted molar refractivity (Wildman–Crippen MR) is 65.1 cm³/mol. The van der Waals surface area contributed by atoms with E-state index in [-0.39, 0.29) is 17.1 Å². The monoisotopic (exact) mass is 296 g/mol. The molecule has 0 fully saturated rings. The van der Waals surface area contributed by atoms with Crippen molar-refractivity contribution in [2.75, 3.05) is 6.61 Å². The normalized spacial score (nSPS) is 14.9. The van der Waals surface area contributed by atoms with Crippen molar-refractivity contribution in [2.45, 2.75) is 13.2 Å². The zero-order valence-electron chi connectivity index (χ0n) is 10.7. The van der Waals surface area contributed by atoms with Gasteiger partial charge in [-0.05, 0) is 13.0 Å². The van der Waals surface area contributed by atoms with Crippen molar-refractivity contribution in [3.8, 4) is 0 Å². The molecule has 2 rings (SSSR count). The number of rotatable bonds is 4. The Hall–Kier alpha value is -2.84. The third kappa shape index (κ3) is 2.22. The van der Waals surface area contributed by atoms with Gasteiger partial charge in [0.05, 0.1) is 17.1 Å². The van der Waals surface area contributed by atoms with E-state index >= 15 is 0 Å². The molecule has 1 aliphatic rings. The highest BCUT2D eigenvalue weighted by atomic mass is 19.1. The van der Waals surface area contributed by atoms with Gasteiger partial charge in [-0.15, -0.1) is 0 Å². The number of carbonyl (C=O) groups excluding carboxylic acids is 3. The molecule has 0 saturated heterocycles. The zero-order valence-corrected chi connectivity index (χ0v) is 10.7. The van der Waals surface area contributed by atoms with Crippen molar-refractivity contribution in [3.63, 3.8) is 0 Å². The van der Waals surface area contributed by atoms with Gasteiger partial charge in [0.25, 0.3) is 23.8 Å². The van der Waals surface area contributed by atoms with E-state index in [1.54, 1.807) is 0 Å². The number of nitro groups is 1. The zero-order chi connectivity index (χ0) is 15.7. The summed E-state index contributed by atoms with van der Waals surface area (Å²) < 4.78 is 18.3. The van der Waals surface area contributed by atoms with Crippen molar-refractivity contribution >= 4 is 23.5 Å². The molecule has 1 aliphatic heterocycles. The lowest BCUT2D eigenvalue weighted by Crippen LogP contribution is -2.42. The number of hydrogen-bond donors (Lipinski definition) is 0. The number of ether oxygens (including phenoxy) is 1. The second-order valence-electron chi connectivity index (χ2n) is 4.02. The van der Waals surface area contributed by atoms with Gasteiger partial charge in [0.1, 0.15) is 5.56 Å². The Labute approximate surface area is 117 Å². The molecular weight excluding hydrogens is 287 g/mol. The van der Waals surface area contributed by atoms with Gasteiger partial charge in [-0.2, -0.15) is 0 Å². The van der Waals surface area contributed by atoms with E-state index in [0.29, 0.717) is 0 Å². The minimum absolute atomic E-state index is 0.0235. The summed E-state index contributed by atoms with van der Waals surface area (Å²) in [6.45, 7) is 1.29. The first-order valence-electron chi connectivity index (χ1n) is 5.86. The summed E-state index contributed by atoms with van der Waals surface area (Å²) >= 11 is 0. The number of imide groups is 1. The molecule has 1 heterocycles. The van der Waals surface area contributed by atoms with Crippen LogP contribution >= 0.6 is 0 Å². The molecule has 0 radical (unpaired) electrons. The van der Waals surface area contributed by atoms with Crippen LogP contribution in [0.5, 0.6) is 0 Å². The molecule has 1 aromatic carbocycles. The van der Waals surface area contributed by atoms with Gasteiger partial charge < -0.3 is 4.74 Å². The molecule has 0 spiro atoms. The largest absolute Gasteiger partial charge is 0.462 e. The summed E-state index contributed by atoms with van der Waals surface area (Å²) in [5, 5.41) is 10.9. The maximum absolute atomic E-state index is 13.9. The van der Waals surface area contributed by atoms with Crippen LogP contribution in [0.15, 0.2) is 18.2 Å². The number of nitro benzene ring substituents is 1. The van der Waals surface area contributed by atoms with E-state index < -0.39 is 40.3 Å². The van der Waals surface area contributed by atoms with E-state index in [0.717, 1.165) is 12.1 Å². The van der Waals surface area contributed by atoms with E-state index in [4.69, 9.17) is 0 Å². The Balaban J connectivity index is 2.46. The summed E-state index contributed by atoms with van der Waals surface area (Å²) in [5.41, 5.74) is -1.47. The summed E-state index contributed by atoms with van der Waals surface area (Å²) in [7, 11) is 0. The van der Waals surface area contributed by atoms with Crippen LogP contribution in [0.2, 0.25) is 0 Å². The van der Waals surface area contributed by atoms with Crippen molar-refractivity contribution in [1.29, 1.82) is 0 Å². The summed E-state index contributed by atoms with van der Waals surface area (Å²) in [6, 6.07) is 3.37. The molecule has 21 heavy (non-hydrogen) atoms. The van der Waals surface area contributed by atoms with Gasteiger partial charge in [-0.3, -0.25) is 19.7 Å². The van der Waals surface area contributed by atoms with Crippen LogP contribution in [-0.4, -0.2) is 40.5 Å². The Bertz CT molecular complexity index is 659. The van der Waals surface area contributed by atoms with Gasteiger partial charge in [0, 0.05) is 6.07 Å². The average Bonchev–Trinajstić information content (AvgIpc) is 2.70. The van der Waals surface area contributed by atoms with E-state index in [9.17, 15) is 28.9 Å². The lowest BCUT2D eigenvalue weighted by Gasteiger charge is -2.17. The first-order valence-corrected chi connectivity index (χ1v) is 5.86. The fourth-order valence-electron chi connectivity index (χ4n) is 1.96. The lowest BCUT2D eigenvalue weighted by molar-refractivity contribution is -0.385. The van der Waals surface area contributed by atoms with Gasteiger partial charge in [-0.25, -0.2) is 14.1 Å². The molecule has 1 unspecified atom stereocenters. The van der Waals surface area contributed by atoms with Crippen LogP contribution in [0.25, 0.3) is 0 Å². The van der Waals surface area contributed by atoms with Crippen LogP contribution in [0, 0.1) is 10.1 Å². The highest BCUT2D eigenvalue weighted by molar-refractivity contribution is 6.24. The topological polar surface area (TPSA) is 107 Å². The molecule has 8 nitrogen and oxygen atoms in total. The lowest BCUT2D eigenvalue weighted by atomic mass is 10.1. The third-order valence-electron chi connectivity index (χ3n) is 2.83. The maximum Gasteiger partial charge on any atom is 0.362 e. The van der Waals surface area contributed by atoms with Crippen molar-refractivity contribution in [2.24, 2.45) is 0 Å². The number of nitrogens with zero attached hydrogens (tertiary/aromatic N) is 2. The summed E-state index contributed by atoms with van der Waals surface area (Å²) in [4.78, 5) is 45.3. The second kappa shape index (κ2) is 5.27. The third-order valence-corrected chi connectivity index (χ3v) is 2.83. The molecule has 110 valence electrons. The van der Waals surface area contributed by atoms with Gasteiger partial charge in [0.15, 0.2) is 0 Å². The van der Waals surface area contributed by atoms with E-state index in [1.807, 2.05) is 0 Å². The van der Waals surface area contributed by atoms with Crippen LogP contribution in [-0.2, 0) is 9.53 Å². The Morgan fingerprint density at radius 1 is 1.43 bits per heavy atom. The number of fused-ring (bicyclic) bond motifs is 1. The fourth-order valence-corrected chi connectivity index (χ4v) is 1.96. The van der Waals surface area contributed by atoms with Crippen molar-refractivity contribution in [3.05, 3.63) is 39.4 Å². The smallest absolute Gasteiger partial charge is 0.362 e. The number of benzene rings is 1. The minimum Gasteiger partial charge on any atom is -0.462 e. The molecule has 0 aromatic heterocycles. The first kappa shape index (κ1) is 14.6. The van der Waals surface area contributed by atoms with Crippen LogP contribution in [0.4, 0.5) is 10.1 Å². The van der Waals surface area contributed by atoms with E-state index in [1.165, 1.54) is 13.0 Å². The number of hydrogen-bond acceptors (Lipinski definition) is 6. The van der Waals surface area contributed by atoms with Crippen LogP contribution in [0.1, 0.15) is 27.6 Å². The molecule has 2 amide bonds. The average molecular weight is 296 g/mol. The number of carbonyl (C=O) groups is 3. The van der Waals surface area contributed by atoms with E-state index in [2.05, 4.69) is 4.74 Å². The second-order valence-corrected chi connectivity index (χ2v) is 4.02. The Morgan fingerprint density at radius 3 is 2.67 bits per heavy atom. The van der Waals surface area contributed by atoms with Crippen LogP contribution in [0.3, 0.4) is 0 Å². The SMILES string of the molecule is CCOC(=O)C(F)N1C(=O)c2cccc([N+](=O)[O-])c2C1=O. The van der Waals surface area contributed by atoms with Crippen molar-refractivity contribution in [1.82, 2.24) is 4.90 Å². The number of alkyl halides is 1. The Morgan fingerprint density at radius 2 is 2.10 bits per heavy atom. The molecule has 1 atom stereocenters. The molecule has 0 aliphatic carbocycles. The maximum atomic E-state index is 13.9. The number of halogens is 1. The highest BCUT2D eigenvalue weighted by Crippen LogP contribution is 2.32. The number of esters is 1. The quantitative estimate of drug-likeness (QED) is 0.270. The van der Waals surface area contributed by atoms with Gasteiger partial charge >= 0.3 is 5.97 Å². The van der Waals surface area contributed by atoms with Crippen molar-refractivity contribution < 1.29 is 28.4 Å². The molecular formula is C12H9FN2O6. The first-order chi connectivity index (χ1) is 9.90. The standard InChI is InChI=1S/C12H9FN2O6/c1-2-21-12(18)9(13)14-10(16)6-4-3-5-7(15(19)20)8(6)11(14)17/h3-5,9H,2H2,1H3. The Kier molecular flexibility index (Phi) is 3.66. The molecule has 0 saturated carbocycles. The molecule has 9 heteroatoms. The van der Waals surface area contributed by atoms with Crippen LogP contribution < -0.4 is 0 Å². The highest BCUT2D eigenvalue weighted by Gasteiger charge is 2.47. The summed E-state index contributed by atoms with van der Waals surface area (Å²) in [5.74, 6) is -3.75. The molecule has 1 aromatic rings. The van der Waals surface area contributed by atoms with Gasteiger partial charge in [-0.1, -0.05) is 6.07 Å². The molecule has 0 N–H and O–H groups in total. The predicted octanol–water partition coefficient (Wildman–Crippen LogP) is 1.05. The minimum atomic E-state index is -2.64. The summed E-state index contributed by atoms with van der Waals surface area (Å²) in [6.07, 6.45) is -2.64. The number of amides is 2. The van der Waals surface area contributed by atoms with Gasteiger partial charge in [0.2, 0.25) is 0 Å². The fraction of sp³-hybridized carbons (Fsp3) is 0.250. The molecule has 0 bridgehead atoms.